The first-order valence-electron chi connectivity index (χ1n) is 5.26. The monoisotopic (exact) mass is 225 g/mol. The summed E-state index contributed by atoms with van der Waals surface area (Å²) in [6.07, 6.45) is 1.22. The van der Waals surface area contributed by atoms with Crippen LogP contribution in [0.4, 0.5) is 4.39 Å². The Morgan fingerprint density at radius 2 is 2.20 bits per heavy atom. The quantitative estimate of drug-likeness (QED) is 0.855. The smallest absolute Gasteiger partial charge is 0.124 e. The standard InChI is InChI=1S/C12H16FNS/c13-12(4-5-15-9-12)7-10-2-1-3-11(6-10)8-14/h1-3,6H,4-5,7-9,14H2. The molecular weight excluding hydrogens is 209 g/mol. The molecule has 1 aromatic carbocycles. The number of benzene rings is 1. The van der Waals surface area contributed by atoms with Crippen molar-refractivity contribution in [3.8, 4) is 0 Å². The van der Waals surface area contributed by atoms with Crippen LogP contribution in [0.3, 0.4) is 0 Å². The summed E-state index contributed by atoms with van der Waals surface area (Å²) in [6, 6.07) is 7.95. The van der Waals surface area contributed by atoms with Crippen molar-refractivity contribution in [1.82, 2.24) is 0 Å². The first-order chi connectivity index (χ1) is 7.22. The second-order valence-corrected chi connectivity index (χ2v) is 5.26. The zero-order valence-electron chi connectivity index (χ0n) is 8.71. The maximum absolute atomic E-state index is 14.2. The van der Waals surface area contributed by atoms with E-state index in [2.05, 4.69) is 0 Å². The molecule has 0 radical (unpaired) electrons. The van der Waals surface area contributed by atoms with Gasteiger partial charge in [0, 0.05) is 18.7 Å². The zero-order chi connectivity index (χ0) is 10.7. The fourth-order valence-corrected chi connectivity index (χ4v) is 3.22. The molecule has 1 unspecified atom stereocenters. The van der Waals surface area contributed by atoms with Gasteiger partial charge in [-0.3, -0.25) is 0 Å². The van der Waals surface area contributed by atoms with Crippen molar-refractivity contribution < 1.29 is 4.39 Å². The van der Waals surface area contributed by atoms with E-state index in [0.29, 0.717) is 25.1 Å². The summed E-state index contributed by atoms with van der Waals surface area (Å²) in [4.78, 5) is 0. The molecule has 1 heterocycles. The summed E-state index contributed by atoms with van der Waals surface area (Å²) >= 11 is 1.71. The van der Waals surface area contributed by atoms with Gasteiger partial charge < -0.3 is 5.73 Å². The van der Waals surface area contributed by atoms with E-state index in [0.717, 1.165) is 16.9 Å². The van der Waals surface area contributed by atoms with Crippen LogP contribution >= 0.6 is 11.8 Å². The number of hydrogen-bond donors (Lipinski definition) is 1. The summed E-state index contributed by atoms with van der Waals surface area (Å²) in [5.41, 5.74) is 6.73. The lowest BCUT2D eigenvalue weighted by atomic mass is 9.95. The molecule has 0 aliphatic carbocycles. The van der Waals surface area contributed by atoms with E-state index in [1.807, 2.05) is 24.3 Å². The van der Waals surface area contributed by atoms with Crippen molar-refractivity contribution in [2.24, 2.45) is 5.73 Å². The van der Waals surface area contributed by atoms with E-state index < -0.39 is 5.67 Å². The third kappa shape index (κ3) is 2.73. The third-order valence-electron chi connectivity index (χ3n) is 2.80. The van der Waals surface area contributed by atoms with Crippen LogP contribution in [0.15, 0.2) is 24.3 Å². The lowest BCUT2D eigenvalue weighted by Crippen LogP contribution is -2.25. The Bertz CT molecular complexity index is 334. The average Bonchev–Trinajstić information content (AvgIpc) is 2.65. The molecule has 1 fully saturated rings. The van der Waals surface area contributed by atoms with Crippen molar-refractivity contribution >= 4 is 11.8 Å². The van der Waals surface area contributed by atoms with E-state index in [4.69, 9.17) is 5.73 Å². The molecule has 0 amide bonds. The molecule has 0 bridgehead atoms. The Hall–Kier alpha value is -0.540. The van der Waals surface area contributed by atoms with Crippen molar-refractivity contribution in [1.29, 1.82) is 0 Å². The highest BCUT2D eigenvalue weighted by molar-refractivity contribution is 7.99. The Morgan fingerprint density at radius 3 is 2.87 bits per heavy atom. The van der Waals surface area contributed by atoms with Gasteiger partial charge in [-0.2, -0.15) is 11.8 Å². The summed E-state index contributed by atoms with van der Waals surface area (Å²) in [5, 5.41) is 0. The van der Waals surface area contributed by atoms with Gasteiger partial charge in [0.05, 0.1) is 0 Å². The SMILES string of the molecule is NCc1cccc(CC2(F)CCSC2)c1. The molecule has 0 saturated carbocycles. The van der Waals surface area contributed by atoms with Gasteiger partial charge >= 0.3 is 0 Å². The molecule has 2 rings (SSSR count). The first kappa shape index (κ1) is 11.0. The average molecular weight is 225 g/mol. The van der Waals surface area contributed by atoms with Gasteiger partial charge in [-0.15, -0.1) is 0 Å². The topological polar surface area (TPSA) is 26.0 Å². The molecule has 1 saturated heterocycles. The molecule has 1 aromatic rings. The number of nitrogens with two attached hydrogens (primary N) is 1. The molecule has 15 heavy (non-hydrogen) atoms. The Kier molecular flexibility index (Phi) is 3.32. The van der Waals surface area contributed by atoms with Gasteiger partial charge in [-0.05, 0) is 23.3 Å². The number of thioether (sulfide) groups is 1. The molecule has 82 valence electrons. The highest BCUT2D eigenvalue weighted by Crippen LogP contribution is 2.34. The fourth-order valence-electron chi connectivity index (χ4n) is 1.95. The first-order valence-corrected chi connectivity index (χ1v) is 6.42. The number of halogens is 1. The van der Waals surface area contributed by atoms with Crippen molar-refractivity contribution in [2.45, 2.75) is 25.1 Å². The van der Waals surface area contributed by atoms with E-state index in [1.54, 1.807) is 11.8 Å². The largest absolute Gasteiger partial charge is 0.326 e. The van der Waals surface area contributed by atoms with Crippen molar-refractivity contribution in [3.63, 3.8) is 0 Å². The predicted molar refractivity (Wildman–Crippen MR) is 63.8 cm³/mol. The number of rotatable bonds is 3. The van der Waals surface area contributed by atoms with Gasteiger partial charge in [0.1, 0.15) is 5.67 Å². The van der Waals surface area contributed by atoms with E-state index in [1.165, 1.54) is 0 Å². The van der Waals surface area contributed by atoms with Gasteiger partial charge in [-0.1, -0.05) is 24.3 Å². The van der Waals surface area contributed by atoms with Gasteiger partial charge in [-0.25, -0.2) is 4.39 Å². The fraction of sp³-hybridized carbons (Fsp3) is 0.500. The second-order valence-electron chi connectivity index (χ2n) is 4.15. The summed E-state index contributed by atoms with van der Waals surface area (Å²) < 4.78 is 14.2. The Labute approximate surface area is 94.2 Å². The summed E-state index contributed by atoms with van der Waals surface area (Å²) in [6.45, 7) is 0.530. The minimum absolute atomic E-state index is 0.530. The van der Waals surface area contributed by atoms with E-state index >= 15 is 0 Å². The van der Waals surface area contributed by atoms with Crippen LogP contribution in [-0.4, -0.2) is 17.2 Å². The van der Waals surface area contributed by atoms with Crippen molar-refractivity contribution in [2.75, 3.05) is 11.5 Å². The highest BCUT2D eigenvalue weighted by Gasteiger charge is 2.34. The molecule has 0 spiro atoms. The van der Waals surface area contributed by atoms with E-state index in [-0.39, 0.29) is 0 Å². The number of hydrogen-bond acceptors (Lipinski definition) is 2. The molecular formula is C12H16FNS. The van der Waals surface area contributed by atoms with Gasteiger partial charge in [0.2, 0.25) is 0 Å². The summed E-state index contributed by atoms with van der Waals surface area (Å²) in [5.74, 6) is 1.59. The zero-order valence-corrected chi connectivity index (χ0v) is 9.52. The lowest BCUT2D eigenvalue weighted by Gasteiger charge is -2.18. The molecule has 1 atom stereocenters. The van der Waals surface area contributed by atoms with E-state index in [9.17, 15) is 4.39 Å². The maximum atomic E-state index is 14.2. The molecule has 2 N–H and O–H groups in total. The second kappa shape index (κ2) is 4.54. The summed E-state index contributed by atoms with van der Waals surface area (Å²) in [7, 11) is 0. The van der Waals surface area contributed by atoms with Crippen LogP contribution in [0.5, 0.6) is 0 Å². The van der Waals surface area contributed by atoms with Gasteiger partial charge in [0.15, 0.2) is 0 Å². The van der Waals surface area contributed by atoms with Crippen LogP contribution in [0, 0.1) is 0 Å². The van der Waals surface area contributed by atoms with Crippen LogP contribution in [-0.2, 0) is 13.0 Å². The third-order valence-corrected chi connectivity index (χ3v) is 4.02. The van der Waals surface area contributed by atoms with Crippen molar-refractivity contribution in [3.05, 3.63) is 35.4 Å². The molecule has 1 aliphatic rings. The Morgan fingerprint density at radius 1 is 1.40 bits per heavy atom. The lowest BCUT2D eigenvalue weighted by molar-refractivity contribution is 0.199. The normalized spacial score (nSPS) is 25.7. The molecule has 3 heteroatoms. The molecule has 0 aromatic heterocycles. The minimum Gasteiger partial charge on any atom is -0.326 e. The van der Waals surface area contributed by atoms with Crippen LogP contribution in [0.25, 0.3) is 0 Å². The molecule has 1 nitrogen and oxygen atoms in total. The Balaban J connectivity index is 2.09. The minimum atomic E-state index is -0.988. The maximum Gasteiger partial charge on any atom is 0.124 e. The van der Waals surface area contributed by atoms with Crippen LogP contribution in [0.2, 0.25) is 0 Å². The number of alkyl halides is 1. The molecule has 1 aliphatic heterocycles. The van der Waals surface area contributed by atoms with Crippen LogP contribution in [0.1, 0.15) is 17.5 Å². The highest BCUT2D eigenvalue weighted by atomic mass is 32.2. The van der Waals surface area contributed by atoms with Crippen LogP contribution < -0.4 is 5.73 Å². The van der Waals surface area contributed by atoms with Gasteiger partial charge in [0.25, 0.3) is 0 Å². The predicted octanol–water partition coefficient (Wildman–Crippen LogP) is 2.53.